The topological polar surface area (TPSA) is 59.8 Å². The number of nitrogens with one attached hydrogen (secondary N) is 1. The Bertz CT molecular complexity index is 978. The number of aryl methyl sites for hydroxylation is 1. The third-order valence-corrected chi connectivity index (χ3v) is 5.32. The molecule has 0 radical (unpaired) electrons. The predicted molar refractivity (Wildman–Crippen MR) is 101 cm³/mol. The molecule has 0 aliphatic rings. The first-order valence-corrected chi connectivity index (χ1v) is 9.24. The van der Waals surface area contributed by atoms with Gasteiger partial charge in [0, 0.05) is 12.1 Å². The van der Waals surface area contributed by atoms with E-state index < -0.39 is 22.9 Å². The van der Waals surface area contributed by atoms with Crippen LogP contribution in [0, 0.1) is 0 Å². The highest BCUT2D eigenvalue weighted by atomic mass is 35.5. The molecule has 10 heteroatoms. The highest BCUT2D eigenvalue weighted by molar-refractivity contribution is 8.00. The molecule has 0 fully saturated rings. The van der Waals surface area contributed by atoms with Crippen LogP contribution in [0.25, 0.3) is 0 Å². The fourth-order valence-electron chi connectivity index (χ4n) is 2.44. The molecule has 5 nitrogen and oxygen atoms in total. The van der Waals surface area contributed by atoms with Gasteiger partial charge in [0.1, 0.15) is 11.6 Å². The number of carbonyl (C=O) groups is 1. The van der Waals surface area contributed by atoms with Gasteiger partial charge in [-0.3, -0.25) is 4.79 Å². The van der Waals surface area contributed by atoms with Crippen molar-refractivity contribution in [1.29, 1.82) is 0 Å². The first kappa shape index (κ1) is 20.2. The summed E-state index contributed by atoms with van der Waals surface area (Å²) in [7, 11) is 1.71. The summed E-state index contributed by atoms with van der Waals surface area (Å²) in [5.74, 6) is -0.618. The van der Waals surface area contributed by atoms with Gasteiger partial charge < -0.3 is 9.88 Å². The number of rotatable bonds is 5. The van der Waals surface area contributed by atoms with Crippen LogP contribution in [-0.4, -0.2) is 20.7 Å². The Morgan fingerprint density at radius 1 is 1.21 bits per heavy atom. The Labute approximate surface area is 167 Å². The molecule has 2 aromatic carbocycles. The molecule has 1 amide bonds. The fraction of sp³-hybridized carbons (Fsp3) is 0.167. The van der Waals surface area contributed by atoms with Crippen molar-refractivity contribution in [2.24, 2.45) is 7.05 Å². The zero-order chi connectivity index (χ0) is 20.3. The second-order valence-electron chi connectivity index (χ2n) is 5.81. The van der Waals surface area contributed by atoms with Crippen molar-refractivity contribution in [3.8, 4) is 0 Å². The van der Waals surface area contributed by atoms with E-state index in [4.69, 9.17) is 11.6 Å². The van der Waals surface area contributed by atoms with Crippen molar-refractivity contribution in [3.05, 3.63) is 71.0 Å². The average molecular weight is 427 g/mol. The normalized spacial score (nSPS) is 12.6. The van der Waals surface area contributed by atoms with Crippen LogP contribution in [-0.2, 0) is 18.0 Å². The van der Waals surface area contributed by atoms with Crippen LogP contribution < -0.4 is 5.32 Å². The zero-order valence-corrected chi connectivity index (χ0v) is 16.0. The average Bonchev–Trinajstić information content (AvgIpc) is 3.05. The molecule has 1 N–H and O–H groups in total. The highest BCUT2D eigenvalue weighted by Gasteiger charge is 2.35. The number of benzene rings is 2. The molecule has 3 rings (SSSR count). The largest absolute Gasteiger partial charge is 0.418 e. The van der Waals surface area contributed by atoms with Crippen LogP contribution in [0.4, 0.5) is 18.9 Å². The summed E-state index contributed by atoms with van der Waals surface area (Å²) in [6.07, 6.45) is -3.18. The van der Waals surface area contributed by atoms with E-state index in [-0.39, 0.29) is 10.7 Å². The van der Waals surface area contributed by atoms with Gasteiger partial charge in [-0.2, -0.15) is 13.2 Å². The number of anilines is 1. The van der Waals surface area contributed by atoms with E-state index in [0.29, 0.717) is 10.7 Å². The number of amides is 1. The van der Waals surface area contributed by atoms with Gasteiger partial charge in [-0.05, 0) is 23.8 Å². The standard InChI is InChI=1S/C18H14ClF3N4OS/c1-26-10-23-25-17(26)28-15(11-5-3-2-4-6-11)16(27)24-14-8-7-12(19)9-13(14)18(20,21)22/h2-10,15H,1H3,(H,24,27)/t15-/m0/s1. The number of aromatic nitrogens is 3. The molecule has 0 aliphatic heterocycles. The number of hydrogen-bond donors (Lipinski definition) is 1. The van der Waals surface area contributed by atoms with Gasteiger partial charge in [-0.15, -0.1) is 10.2 Å². The molecular formula is C18H14ClF3N4OS. The van der Waals surface area contributed by atoms with Crippen molar-refractivity contribution in [3.63, 3.8) is 0 Å². The molecule has 1 atom stereocenters. The van der Waals surface area contributed by atoms with Crippen molar-refractivity contribution < 1.29 is 18.0 Å². The predicted octanol–water partition coefficient (Wildman–Crippen LogP) is 4.96. The second kappa shape index (κ2) is 8.24. The first-order valence-electron chi connectivity index (χ1n) is 7.99. The number of hydrogen-bond acceptors (Lipinski definition) is 4. The summed E-state index contributed by atoms with van der Waals surface area (Å²) in [6, 6.07) is 11.9. The lowest BCUT2D eigenvalue weighted by molar-refractivity contribution is -0.137. The van der Waals surface area contributed by atoms with E-state index in [9.17, 15) is 18.0 Å². The van der Waals surface area contributed by atoms with E-state index >= 15 is 0 Å². The minimum atomic E-state index is -4.66. The lowest BCUT2D eigenvalue weighted by Crippen LogP contribution is -2.21. The van der Waals surface area contributed by atoms with E-state index in [1.54, 1.807) is 41.9 Å². The zero-order valence-electron chi connectivity index (χ0n) is 14.4. The Hall–Kier alpha value is -2.52. The minimum absolute atomic E-state index is 0.0709. The Kier molecular flexibility index (Phi) is 5.95. The lowest BCUT2D eigenvalue weighted by Gasteiger charge is -2.19. The van der Waals surface area contributed by atoms with Crippen LogP contribution in [0.2, 0.25) is 5.02 Å². The third kappa shape index (κ3) is 4.66. The molecule has 0 saturated carbocycles. The monoisotopic (exact) mass is 426 g/mol. The third-order valence-electron chi connectivity index (χ3n) is 3.78. The quantitative estimate of drug-likeness (QED) is 0.586. The molecule has 3 aromatic rings. The summed E-state index contributed by atoms with van der Waals surface area (Å²) < 4.78 is 41.6. The van der Waals surface area contributed by atoms with E-state index in [1.807, 2.05) is 0 Å². The van der Waals surface area contributed by atoms with E-state index in [2.05, 4.69) is 15.5 Å². The fourth-order valence-corrected chi connectivity index (χ4v) is 3.59. The van der Waals surface area contributed by atoms with Gasteiger partial charge >= 0.3 is 6.18 Å². The lowest BCUT2D eigenvalue weighted by atomic mass is 10.1. The Morgan fingerprint density at radius 2 is 1.93 bits per heavy atom. The van der Waals surface area contributed by atoms with E-state index in [0.717, 1.165) is 23.9 Å². The number of halogens is 4. The molecule has 0 bridgehead atoms. The maximum Gasteiger partial charge on any atom is 0.418 e. The summed E-state index contributed by atoms with van der Waals surface area (Å²) >= 11 is 6.78. The summed E-state index contributed by atoms with van der Waals surface area (Å²) in [5.41, 5.74) is -0.749. The summed E-state index contributed by atoms with van der Waals surface area (Å²) in [5, 5.41) is 9.63. The molecule has 0 unspecified atom stereocenters. The molecule has 1 heterocycles. The van der Waals surface area contributed by atoms with Crippen LogP contribution in [0.5, 0.6) is 0 Å². The van der Waals surface area contributed by atoms with Gasteiger partial charge in [0.25, 0.3) is 0 Å². The molecule has 146 valence electrons. The van der Waals surface area contributed by atoms with Crippen LogP contribution >= 0.6 is 23.4 Å². The smallest absolute Gasteiger partial charge is 0.324 e. The molecule has 28 heavy (non-hydrogen) atoms. The minimum Gasteiger partial charge on any atom is -0.324 e. The van der Waals surface area contributed by atoms with E-state index in [1.165, 1.54) is 12.4 Å². The number of carbonyl (C=O) groups excluding carboxylic acids is 1. The maximum absolute atomic E-state index is 13.3. The SMILES string of the molecule is Cn1cnnc1S[C@H](C(=O)Nc1ccc(Cl)cc1C(F)(F)F)c1ccccc1. The van der Waals surface area contributed by atoms with Gasteiger partial charge in [0.2, 0.25) is 5.91 Å². The van der Waals surface area contributed by atoms with Gasteiger partial charge in [-0.25, -0.2) is 0 Å². The number of thioether (sulfide) groups is 1. The van der Waals surface area contributed by atoms with Crippen molar-refractivity contribution >= 4 is 35.0 Å². The van der Waals surface area contributed by atoms with Crippen LogP contribution in [0.15, 0.2) is 60.0 Å². The maximum atomic E-state index is 13.3. The van der Waals surface area contributed by atoms with Gasteiger partial charge in [-0.1, -0.05) is 53.7 Å². The Balaban J connectivity index is 1.94. The molecule has 0 spiro atoms. The van der Waals surface area contributed by atoms with Gasteiger partial charge in [0.05, 0.1) is 11.3 Å². The first-order chi connectivity index (χ1) is 13.3. The number of nitrogens with zero attached hydrogens (tertiary/aromatic N) is 3. The molecule has 0 saturated heterocycles. The van der Waals surface area contributed by atoms with Crippen LogP contribution in [0.3, 0.4) is 0 Å². The summed E-state index contributed by atoms with van der Waals surface area (Å²) in [4.78, 5) is 12.9. The summed E-state index contributed by atoms with van der Waals surface area (Å²) in [6.45, 7) is 0. The molecule has 0 aliphatic carbocycles. The Morgan fingerprint density at radius 3 is 2.54 bits per heavy atom. The van der Waals surface area contributed by atoms with Gasteiger partial charge in [0.15, 0.2) is 5.16 Å². The molecule has 1 aromatic heterocycles. The van der Waals surface area contributed by atoms with Crippen molar-refractivity contribution in [2.75, 3.05) is 5.32 Å². The number of alkyl halides is 3. The molecular weight excluding hydrogens is 413 g/mol. The van der Waals surface area contributed by atoms with Crippen molar-refractivity contribution in [2.45, 2.75) is 16.6 Å². The highest BCUT2D eigenvalue weighted by Crippen LogP contribution is 2.39. The second-order valence-corrected chi connectivity index (χ2v) is 7.32. The van der Waals surface area contributed by atoms with Crippen molar-refractivity contribution in [1.82, 2.24) is 14.8 Å². The van der Waals surface area contributed by atoms with Crippen LogP contribution in [0.1, 0.15) is 16.4 Å².